The summed E-state index contributed by atoms with van der Waals surface area (Å²) < 4.78 is 44.9. The highest BCUT2D eigenvalue weighted by molar-refractivity contribution is 14.0. The van der Waals surface area contributed by atoms with E-state index in [1.54, 1.807) is 12.1 Å². The number of primary sulfonamides is 1. The first-order valence-corrected chi connectivity index (χ1v) is 11.5. The Morgan fingerprint density at radius 2 is 1.77 bits per heavy atom. The summed E-state index contributed by atoms with van der Waals surface area (Å²) in [6, 6.07) is 6.13. The van der Waals surface area contributed by atoms with Gasteiger partial charge in [0.05, 0.1) is 17.2 Å². The van der Waals surface area contributed by atoms with E-state index in [0.717, 1.165) is 5.56 Å². The van der Waals surface area contributed by atoms with Gasteiger partial charge in [-0.05, 0) is 38.0 Å². The Bertz CT molecular complexity index is 793. The first-order chi connectivity index (χ1) is 11.5. The molecule has 0 saturated carbocycles. The van der Waals surface area contributed by atoms with Crippen molar-refractivity contribution in [1.29, 1.82) is 0 Å². The number of sulfonamides is 1. The molecular formula is C15H27IN4O4S2. The third-order valence-electron chi connectivity index (χ3n) is 3.32. The maximum absolute atomic E-state index is 11.2. The summed E-state index contributed by atoms with van der Waals surface area (Å²) in [5.74, 6) is 0.675. The number of aliphatic imine (C=N–C) groups is 1. The second-order valence-electron chi connectivity index (χ2n) is 5.85. The molecule has 0 aromatic heterocycles. The molecule has 0 radical (unpaired) electrons. The van der Waals surface area contributed by atoms with Gasteiger partial charge in [0.15, 0.2) is 5.96 Å². The zero-order chi connectivity index (χ0) is 19.1. The molecule has 4 N–H and O–H groups in total. The van der Waals surface area contributed by atoms with Gasteiger partial charge in [0.25, 0.3) is 0 Å². The monoisotopic (exact) mass is 518 g/mol. The fraction of sp³-hybridized carbons (Fsp3) is 0.533. The van der Waals surface area contributed by atoms with E-state index in [9.17, 15) is 16.8 Å². The van der Waals surface area contributed by atoms with Crippen LogP contribution in [0.15, 0.2) is 34.2 Å². The molecule has 1 rings (SSSR count). The number of hydrogen-bond donors (Lipinski definition) is 3. The lowest BCUT2D eigenvalue weighted by atomic mass is 10.2. The van der Waals surface area contributed by atoms with Crippen LogP contribution in [0.3, 0.4) is 0 Å². The van der Waals surface area contributed by atoms with Crippen LogP contribution in [0.1, 0.15) is 25.8 Å². The SMILES string of the molecule is CCNC(=NCc1ccc(S(N)(=O)=O)cc1)NC(C)CCS(C)(=O)=O.I. The van der Waals surface area contributed by atoms with Gasteiger partial charge in [0.2, 0.25) is 10.0 Å². The molecule has 150 valence electrons. The average Bonchev–Trinajstić information content (AvgIpc) is 2.50. The molecule has 0 amide bonds. The van der Waals surface area contributed by atoms with E-state index in [4.69, 9.17) is 5.14 Å². The standard InChI is InChI=1S/C15H26N4O4S2.HI/c1-4-17-15(19-12(2)9-10-24(3,20)21)18-11-13-5-7-14(8-6-13)25(16,22)23;/h5-8,12H,4,9-11H2,1-3H3,(H2,16,22,23)(H2,17,18,19);1H. The van der Waals surface area contributed by atoms with Gasteiger partial charge in [-0.1, -0.05) is 12.1 Å². The van der Waals surface area contributed by atoms with E-state index >= 15 is 0 Å². The van der Waals surface area contributed by atoms with E-state index in [0.29, 0.717) is 25.5 Å². The molecule has 1 aromatic rings. The predicted octanol–water partition coefficient (Wildman–Crippen LogP) is 0.830. The second-order valence-corrected chi connectivity index (χ2v) is 9.67. The lowest BCUT2D eigenvalue weighted by Crippen LogP contribution is -2.42. The van der Waals surface area contributed by atoms with Crippen LogP contribution < -0.4 is 15.8 Å². The first kappa shape index (κ1) is 25.1. The van der Waals surface area contributed by atoms with Crippen LogP contribution in [0.5, 0.6) is 0 Å². The quantitative estimate of drug-likeness (QED) is 0.266. The topological polar surface area (TPSA) is 131 Å². The van der Waals surface area contributed by atoms with Crippen molar-refractivity contribution in [3.05, 3.63) is 29.8 Å². The fourth-order valence-electron chi connectivity index (χ4n) is 1.97. The van der Waals surface area contributed by atoms with Gasteiger partial charge in [-0.2, -0.15) is 0 Å². The Labute approximate surface area is 173 Å². The summed E-state index contributed by atoms with van der Waals surface area (Å²) in [4.78, 5) is 4.48. The number of nitrogens with zero attached hydrogens (tertiary/aromatic N) is 1. The van der Waals surface area contributed by atoms with Crippen molar-refractivity contribution in [3.8, 4) is 0 Å². The van der Waals surface area contributed by atoms with Crippen LogP contribution in [-0.4, -0.2) is 47.4 Å². The molecule has 1 atom stereocenters. The Kier molecular flexibility index (Phi) is 10.7. The molecule has 1 aromatic carbocycles. The molecule has 26 heavy (non-hydrogen) atoms. The zero-order valence-corrected chi connectivity index (χ0v) is 19.1. The van der Waals surface area contributed by atoms with E-state index in [-0.39, 0.29) is 40.7 Å². The van der Waals surface area contributed by atoms with E-state index < -0.39 is 19.9 Å². The van der Waals surface area contributed by atoms with Crippen LogP contribution in [0.4, 0.5) is 0 Å². The number of sulfone groups is 1. The highest BCUT2D eigenvalue weighted by Crippen LogP contribution is 2.09. The van der Waals surface area contributed by atoms with Gasteiger partial charge >= 0.3 is 0 Å². The van der Waals surface area contributed by atoms with Crippen molar-refractivity contribution in [2.24, 2.45) is 10.1 Å². The van der Waals surface area contributed by atoms with Crippen molar-refractivity contribution in [2.75, 3.05) is 18.6 Å². The molecule has 0 spiro atoms. The molecule has 0 saturated heterocycles. The molecule has 8 nitrogen and oxygen atoms in total. The van der Waals surface area contributed by atoms with Gasteiger partial charge in [0.1, 0.15) is 9.84 Å². The third kappa shape index (κ3) is 10.3. The Morgan fingerprint density at radius 3 is 2.23 bits per heavy atom. The summed E-state index contributed by atoms with van der Waals surface area (Å²) in [6.45, 7) is 4.83. The van der Waals surface area contributed by atoms with Crippen molar-refractivity contribution in [2.45, 2.75) is 37.8 Å². The number of nitrogens with two attached hydrogens (primary N) is 1. The number of nitrogens with one attached hydrogen (secondary N) is 2. The molecule has 0 fully saturated rings. The van der Waals surface area contributed by atoms with Crippen molar-refractivity contribution < 1.29 is 16.8 Å². The van der Waals surface area contributed by atoms with E-state index in [2.05, 4.69) is 15.6 Å². The Morgan fingerprint density at radius 1 is 1.19 bits per heavy atom. The van der Waals surface area contributed by atoms with Crippen LogP contribution in [0, 0.1) is 0 Å². The van der Waals surface area contributed by atoms with Gasteiger partial charge in [-0.3, -0.25) is 0 Å². The summed E-state index contributed by atoms with van der Waals surface area (Å²) in [5.41, 5.74) is 0.827. The highest BCUT2D eigenvalue weighted by Gasteiger charge is 2.10. The minimum absolute atomic E-state index is 0. The predicted molar refractivity (Wildman–Crippen MR) is 115 cm³/mol. The van der Waals surface area contributed by atoms with E-state index in [1.165, 1.54) is 18.4 Å². The minimum Gasteiger partial charge on any atom is -0.357 e. The number of halogens is 1. The lowest BCUT2D eigenvalue weighted by molar-refractivity contribution is 0.581. The zero-order valence-electron chi connectivity index (χ0n) is 15.1. The summed E-state index contributed by atoms with van der Waals surface area (Å²) in [7, 11) is -6.70. The molecule has 11 heteroatoms. The van der Waals surface area contributed by atoms with Crippen LogP contribution >= 0.6 is 24.0 Å². The summed E-state index contributed by atoms with van der Waals surface area (Å²) in [5, 5.41) is 11.3. The van der Waals surface area contributed by atoms with Crippen molar-refractivity contribution in [3.63, 3.8) is 0 Å². The smallest absolute Gasteiger partial charge is 0.238 e. The highest BCUT2D eigenvalue weighted by atomic mass is 127. The largest absolute Gasteiger partial charge is 0.357 e. The lowest BCUT2D eigenvalue weighted by Gasteiger charge is -2.17. The number of rotatable bonds is 8. The Hall–Kier alpha value is -0.920. The number of benzene rings is 1. The summed E-state index contributed by atoms with van der Waals surface area (Å²) >= 11 is 0. The molecule has 0 aliphatic carbocycles. The van der Waals surface area contributed by atoms with Gasteiger partial charge in [0, 0.05) is 18.8 Å². The number of guanidine groups is 1. The maximum atomic E-state index is 11.2. The van der Waals surface area contributed by atoms with Crippen LogP contribution in [-0.2, 0) is 26.4 Å². The normalized spacial score (nSPS) is 13.6. The molecule has 0 bridgehead atoms. The first-order valence-electron chi connectivity index (χ1n) is 7.85. The number of hydrogen-bond acceptors (Lipinski definition) is 5. The molecule has 0 aliphatic rings. The minimum atomic E-state index is -3.70. The van der Waals surface area contributed by atoms with Gasteiger partial charge in [-0.25, -0.2) is 27.0 Å². The third-order valence-corrected chi connectivity index (χ3v) is 5.23. The van der Waals surface area contributed by atoms with Gasteiger partial charge < -0.3 is 10.6 Å². The average molecular weight is 518 g/mol. The van der Waals surface area contributed by atoms with E-state index in [1.807, 2.05) is 13.8 Å². The molecular weight excluding hydrogens is 491 g/mol. The van der Waals surface area contributed by atoms with Crippen LogP contribution in [0.2, 0.25) is 0 Å². The molecule has 0 heterocycles. The Balaban J connectivity index is 0.00000625. The second kappa shape index (κ2) is 11.0. The van der Waals surface area contributed by atoms with Crippen LogP contribution in [0.25, 0.3) is 0 Å². The van der Waals surface area contributed by atoms with Crippen molar-refractivity contribution >= 4 is 49.8 Å². The summed E-state index contributed by atoms with van der Waals surface area (Å²) in [6.07, 6.45) is 1.69. The van der Waals surface area contributed by atoms with Crippen molar-refractivity contribution in [1.82, 2.24) is 10.6 Å². The molecule has 1 unspecified atom stereocenters. The molecule has 0 aliphatic heterocycles. The fourth-order valence-corrected chi connectivity index (χ4v) is 3.27. The maximum Gasteiger partial charge on any atom is 0.238 e. The van der Waals surface area contributed by atoms with Gasteiger partial charge in [-0.15, -0.1) is 24.0 Å².